The number of nitrogens with one attached hydrogen (secondary N) is 1. The van der Waals surface area contributed by atoms with Gasteiger partial charge in [-0.15, -0.1) is 0 Å². The molecule has 2 N–H and O–H groups in total. The van der Waals surface area contributed by atoms with Crippen LogP contribution in [0.15, 0.2) is 60.9 Å². The van der Waals surface area contributed by atoms with Crippen LogP contribution in [-0.2, 0) is 0 Å². The third kappa shape index (κ3) is 3.69. The molecule has 144 valence electrons. The van der Waals surface area contributed by atoms with Crippen LogP contribution in [0, 0.1) is 6.92 Å². The van der Waals surface area contributed by atoms with Crippen molar-refractivity contribution in [1.82, 2.24) is 15.0 Å². The fraction of sp³-hybridized carbons (Fsp3) is 0.174. The smallest absolute Gasteiger partial charge is 0.164 e. The van der Waals surface area contributed by atoms with Crippen LogP contribution in [0.1, 0.15) is 30.0 Å². The zero-order valence-corrected chi connectivity index (χ0v) is 16.0. The van der Waals surface area contributed by atoms with E-state index in [0.29, 0.717) is 28.9 Å². The van der Waals surface area contributed by atoms with Crippen molar-refractivity contribution in [3.05, 3.63) is 72.2 Å². The molecule has 4 aromatic rings. The highest BCUT2D eigenvalue weighted by Gasteiger charge is 2.25. The molecule has 1 fully saturated rings. The monoisotopic (exact) mass is 384 g/mol. The summed E-state index contributed by atoms with van der Waals surface area (Å²) in [5, 5.41) is 13.7. The van der Waals surface area contributed by atoms with Crippen molar-refractivity contribution < 1.29 is 9.84 Å². The zero-order chi connectivity index (χ0) is 19.8. The van der Waals surface area contributed by atoms with E-state index in [1.165, 1.54) is 19.2 Å². The lowest BCUT2D eigenvalue weighted by atomic mass is 10.2. The Kier molecular flexibility index (Phi) is 4.24. The Morgan fingerprint density at radius 2 is 1.83 bits per heavy atom. The molecule has 1 saturated carbocycles. The number of aryl methyl sites for hydroxylation is 1. The third-order valence-electron chi connectivity index (χ3n) is 4.97. The van der Waals surface area contributed by atoms with Crippen LogP contribution in [0.25, 0.3) is 11.0 Å². The minimum atomic E-state index is 0.199. The van der Waals surface area contributed by atoms with Gasteiger partial charge in [-0.3, -0.25) is 0 Å². The summed E-state index contributed by atoms with van der Waals surface area (Å²) < 4.78 is 6.03. The average molecular weight is 384 g/mol. The second-order valence-electron chi connectivity index (χ2n) is 7.32. The van der Waals surface area contributed by atoms with Crippen molar-refractivity contribution in [2.75, 3.05) is 5.32 Å². The van der Waals surface area contributed by atoms with E-state index in [4.69, 9.17) is 9.72 Å². The molecule has 2 aromatic heterocycles. The molecule has 0 bridgehead atoms. The maximum Gasteiger partial charge on any atom is 0.164 e. The van der Waals surface area contributed by atoms with Crippen LogP contribution < -0.4 is 10.1 Å². The summed E-state index contributed by atoms with van der Waals surface area (Å²) in [5.41, 5.74) is 3.69. The number of nitrogens with zero attached hydrogens (tertiary/aromatic N) is 3. The number of phenols is 1. The van der Waals surface area contributed by atoms with Gasteiger partial charge in [0.25, 0.3) is 0 Å². The number of ether oxygens (including phenoxy) is 1. The molecule has 6 nitrogen and oxygen atoms in total. The van der Waals surface area contributed by atoms with E-state index in [1.54, 1.807) is 24.3 Å². The molecule has 0 atom stereocenters. The van der Waals surface area contributed by atoms with Gasteiger partial charge in [0.05, 0.1) is 11.1 Å². The summed E-state index contributed by atoms with van der Waals surface area (Å²) in [7, 11) is 0. The number of benzene rings is 2. The zero-order valence-electron chi connectivity index (χ0n) is 16.0. The van der Waals surface area contributed by atoms with Gasteiger partial charge in [0.2, 0.25) is 0 Å². The predicted molar refractivity (Wildman–Crippen MR) is 112 cm³/mol. The maximum absolute atomic E-state index is 9.48. The summed E-state index contributed by atoms with van der Waals surface area (Å²) in [4.78, 5) is 13.5. The van der Waals surface area contributed by atoms with E-state index >= 15 is 0 Å². The highest BCUT2D eigenvalue weighted by molar-refractivity contribution is 5.89. The van der Waals surface area contributed by atoms with E-state index in [2.05, 4.69) is 21.4 Å². The van der Waals surface area contributed by atoms with Crippen molar-refractivity contribution in [2.45, 2.75) is 25.7 Å². The van der Waals surface area contributed by atoms with E-state index in [0.717, 1.165) is 22.3 Å². The predicted octanol–water partition coefficient (Wildman–Crippen LogP) is 5.45. The van der Waals surface area contributed by atoms with E-state index in [9.17, 15) is 5.11 Å². The molecule has 29 heavy (non-hydrogen) atoms. The fourth-order valence-corrected chi connectivity index (χ4v) is 3.26. The van der Waals surface area contributed by atoms with Gasteiger partial charge in [-0.05, 0) is 73.9 Å². The molecule has 2 aromatic carbocycles. The molecule has 0 saturated heterocycles. The molecule has 0 aliphatic heterocycles. The number of hydrogen-bond donors (Lipinski definition) is 2. The van der Waals surface area contributed by atoms with Crippen LogP contribution >= 0.6 is 0 Å². The Morgan fingerprint density at radius 3 is 2.62 bits per heavy atom. The van der Waals surface area contributed by atoms with Crippen molar-refractivity contribution in [3.8, 4) is 17.2 Å². The van der Waals surface area contributed by atoms with Gasteiger partial charge < -0.3 is 15.2 Å². The molecule has 0 radical (unpaired) electrons. The van der Waals surface area contributed by atoms with E-state index in [-0.39, 0.29) is 5.75 Å². The third-order valence-corrected chi connectivity index (χ3v) is 4.97. The second kappa shape index (κ2) is 7.05. The van der Waals surface area contributed by atoms with Gasteiger partial charge in [-0.1, -0.05) is 6.07 Å². The van der Waals surface area contributed by atoms with Crippen molar-refractivity contribution in [1.29, 1.82) is 0 Å². The first-order valence-electron chi connectivity index (χ1n) is 9.62. The molecule has 2 heterocycles. The Bertz CT molecular complexity index is 1190. The lowest BCUT2D eigenvalue weighted by Crippen LogP contribution is -2.00. The van der Waals surface area contributed by atoms with Gasteiger partial charge >= 0.3 is 0 Å². The highest BCUT2D eigenvalue weighted by Crippen LogP contribution is 2.40. The molecule has 0 spiro atoms. The molecule has 0 amide bonds. The Hall–Kier alpha value is -3.67. The first kappa shape index (κ1) is 17.4. The van der Waals surface area contributed by atoms with E-state index < -0.39 is 0 Å². The first-order valence-corrected chi connectivity index (χ1v) is 9.62. The largest absolute Gasteiger partial charge is 0.508 e. The topological polar surface area (TPSA) is 80.2 Å². The fourth-order valence-electron chi connectivity index (χ4n) is 3.26. The van der Waals surface area contributed by atoms with Crippen LogP contribution in [-0.4, -0.2) is 20.1 Å². The van der Waals surface area contributed by atoms with Crippen LogP contribution in [0.4, 0.5) is 11.5 Å². The van der Waals surface area contributed by atoms with Crippen LogP contribution in [0.3, 0.4) is 0 Å². The molecular weight excluding hydrogens is 364 g/mol. The average Bonchev–Trinajstić information content (AvgIpc) is 3.57. The summed E-state index contributed by atoms with van der Waals surface area (Å²) >= 11 is 0. The van der Waals surface area contributed by atoms with Crippen molar-refractivity contribution in [2.24, 2.45) is 0 Å². The molecule has 1 aliphatic rings. The quantitative estimate of drug-likeness (QED) is 0.476. The van der Waals surface area contributed by atoms with Crippen LogP contribution in [0.2, 0.25) is 0 Å². The lowest BCUT2D eigenvalue weighted by molar-refractivity contribution is 0.465. The first-order chi connectivity index (χ1) is 14.2. The Balaban J connectivity index is 1.49. The van der Waals surface area contributed by atoms with Crippen molar-refractivity contribution in [3.63, 3.8) is 0 Å². The van der Waals surface area contributed by atoms with E-state index in [1.807, 2.05) is 31.2 Å². The minimum absolute atomic E-state index is 0.199. The summed E-state index contributed by atoms with van der Waals surface area (Å²) in [5.74, 6) is 2.76. The number of anilines is 2. The summed E-state index contributed by atoms with van der Waals surface area (Å²) in [6.07, 6.45) is 3.94. The van der Waals surface area contributed by atoms with Gasteiger partial charge in [0, 0.05) is 11.6 Å². The number of hydrogen-bond acceptors (Lipinski definition) is 6. The SMILES string of the molecule is Cc1ccc(Oc2ccc(O)cc2)c(Nc2ncnc3nc(C4CC4)ccc23)c1. The Morgan fingerprint density at radius 1 is 1.00 bits per heavy atom. The molecule has 0 unspecified atom stereocenters. The number of phenolic OH excluding ortho intramolecular Hbond substituents is 1. The maximum atomic E-state index is 9.48. The standard InChI is InChI=1S/C23H20N4O2/c1-14-2-11-21(29-17-7-5-16(28)6-8-17)20(12-14)27-23-18-9-10-19(15-3-4-15)26-22(18)24-13-25-23/h2,5-13,15,28H,3-4H2,1H3,(H,24,25,26,27). The van der Waals surface area contributed by atoms with Gasteiger partial charge in [-0.25, -0.2) is 15.0 Å². The Labute approximate surface area is 168 Å². The lowest BCUT2D eigenvalue weighted by Gasteiger charge is -2.14. The van der Waals surface area contributed by atoms with Gasteiger partial charge in [0.1, 0.15) is 23.6 Å². The summed E-state index contributed by atoms with van der Waals surface area (Å²) in [6, 6.07) is 16.7. The van der Waals surface area contributed by atoms with Gasteiger partial charge in [0.15, 0.2) is 11.4 Å². The van der Waals surface area contributed by atoms with Crippen LogP contribution in [0.5, 0.6) is 17.2 Å². The van der Waals surface area contributed by atoms with Gasteiger partial charge in [-0.2, -0.15) is 0 Å². The molecule has 1 aliphatic carbocycles. The number of rotatable bonds is 5. The molecule has 5 rings (SSSR count). The summed E-state index contributed by atoms with van der Waals surface area (Å²) in [6.45, 7) is 2.02. The number of pyridine rings is 1. The molecular formula is C23H20N4O2. The minimum Gasteiger partial charge on any atom is -0.508 e. The number of fused-ring (bicyclic) bond motifs is 1. The molecule has 6 heteroatoms. The second-order valence-corrected chi connectivity index (χ2v) is 7.32. The number of aromatic nitrogens is 3. The number of aromatic hydroxyl groups is 1. The highest BCUT2D eigenvalue weighted by atomic mass is 16.5. The van der Waals surface area contributed by atoms with Crippen molar-refractivity contribution >= 4 is 22.5 Å². The normalized spacial score (nSPS) is 13.4.